The van der Waals surface area contributed by atoms with Crippen molar-refractivity contribution >= 4 is 51.3 Å². The van der Waals surface area contributed by atoms with Crippen molar-refractivity contribution in [1.29, 1.82) is 0 Å². The Hall–Kier alpha value is -5.36. The van der Waals surface area contributed by atoms with Crippen LogP contribution in [0.1, 0.15) is 44.0 Å². The molecule has 2 N–H and O–H groups in total. The average molecular weight is 696 g/mol. The molecular weight excluding hydrogens is 658 g/mol. The molecule has 0 aliphatic carbocycles. The summed E-state index contributed by atoms with van der Waals surface area (Å²) in [6.07, 6.45) is 4.53. The number of carbonyl (C=O) groups is 3. The summed E-state index contributed by atoms with van der Waals surface area (Å²) >= 11 is 1.02. The van der Waals surface area contributed by atoms with Crippen LogP contribution in [-0.4, -0.2) is 38.5 Å². The normalized spacial score (nSPS) is 14.1. The molecule has 1 aliphatic rings. The highest BCUT2D eigenvalue weighted by molar-refractivity contribution is 8.15. The zero-order valence-electron chi connectivity index (χ0n) is 27.9. The number of imide groups is 1. The van der Waals surface area contributed by atoms with E-state index < -0.39 is 5.25 Å². The van der Waals surface area contributed by atoms with Gasteiger partial charge in [-0.05, 0) is 91.2 Å². The Bertz CT molecular complexity index is 1970. The maximum absolute atomic E-state index is 13.4. The summed E-state index contributed by atoms with van der Waals surface area (Å²) in [5, 5.41) is 4.47. The number of halogens is 1. The smallest absolute Gasteiger partial charge is 0.326 e. The highest BCUT2D eigenvalue weighted by atomic mass is 32.2. The molecule has 4 aromatic carbocycles. The van der Waals surface area contributed by atoms with E-state index in [1.165, 1.54) is 12.1 Å². The van der Waals surface area contributed by atoms with Gasteiger partial charge in [-0.3, -0.25) is 19.8 Å². The van der Waals surface area contributed by atoms with Gasteiger partial charge in [-0.1, -0.05) is 50.1 Å². The summed E-state index contributed by atoms with van der Waals surface area (Å²) in [7, 11) is 1.92. The summed E-state index contributed by atoms with van der Waals surface area (Å²) in [5.74, 6) is 2.04. The van der Waals surface area contributed by atoms with Crippen molar-refractivity contribution in [2.75, 3.05) is 16.8 Å². The van der Waals surface area contributed by atoms with Crippen molar-refractivity contribution < 1.29 is 28.2 Å². The molecule has 0 spiro atoms. The number of hydrogen-bond donors (Lipinski definition) is 2. The van der Waals surface area contributed by atoms with E-state index in [1.807, 2.05) is 78.3 Å². The van der Waals surface area contributed by atoms with Gasteiger partial charge in [-0.2, -0.15) is 0 Å². The largest absolute Gasteiger partial charge is 0.486 e. The van der Waals surface area contributed by atoms with Crippen molar-refractivity contribution in [2.45, 2.75) is 50.9 Å². The Balaban J connectivity index is 1.08. The zero-order valence-corrected chi connectivity index (χ0v) is 28.7. The minimum atomic E-state index is -0.411. The Labute approximate surface area is 294 Å². The van der Waals surface area contributed by atoms with E-state index in [4.69, 9.17) is 14.5 Å². The van der Waals surface area contributed by atoms with Crippen LogP contribution in [0.3, 0.4) is 0 Å². The summed E-state index contributed by atoms with van der Waals surface area (Å²) < 4.78 is 27.5. The number of imidazole rings is 1. The lowest BCUT2D eigenvalue weighted by Crippen LogP contribution is -2.35. The van der Waals surface area contributed by atoms with E-state index in [9.17, 15) is 18.8 Å². The van der Waals surface area contributed by atoms with E-state index >= 15 is 0 Å². The molecular formula is C38H38FN5O5S. The van der Waals surface area contributed by atoms with E-state index in [1.54, 1.807) is 17.0 Å². The molecule has 1 unspecified atom stereocenters. The Morgan fingerprint density at radius 3 is 2.36 bits per heavy atom. The lowest BCUT2D eigenvalue weighted by molar-refractivity contribution is -0.118. The van der Waals surface area contributed by atoms with Crippen molar-refractivity contribution in [1.82, 2.24) is 14.9 Å². The minimum Gasteiger partial charge on any atom is -0.486 e. The van der Waals surface area contributed by atoms with Gasteiger partial charge in [0.15, 0.2) is 0 Å². The van der Waals surface area contributed by atoms with Crippen LogP contribution >= 0.6 is 11.8 Å². The van der Waals surface area contributed by atoms with Gasteiger partial charge < -0.3 is 19.4 Å². The van der Waals surface area contributed by atoms with Crippen LogP contribution in [0.2, 0.25) is 0 Å². The molecule has 10 nitrogen and oxygen atoms in total. The molecule has 1 saturated heterocycles. The number of unbranched alkanes of at least 4 members (excludes halogenated alkanes) is 3. The molecule has 50 heavy (non-hydrogen) atoms. The fourth-order valence-electron chi connectivity index (χ4n) is 5.62. The number of nitrogens with zero attached hydrogens (tertiary/aromatic N) is 3. The van der Waals surface area contributed by atoms with Crippen molar-refractivity contribution in [3.8, 4) is 17.2 Å². The third-order valence-electron chi connectivity index (χ3n) is 8.38. The molecule has 1 aromatic heterocycles. The summed E-state index contributed by atoms with van der Waals surface area (Å²) in [6, 6.07) is 26.0. The second-order valence-electron chi connectivity index (χ2n) is 12.0. The van der Waals surface area contributed by atoms with Crippen LogP contribution in [0.15, 0.2) is 91.0 Å². The van der Waals surface area contributed by atoms with Crippen LogP contribution in [0.4, 0.5) is 25.4 Å². The topological polar surface area (TPSA) is 115 Å². The lowest BCUT2D eigenvalue weighted by atomic mass is 10.1. The predicted octanol–water partition coefficient (Wildman–Crippen LogP) is 8.60. The number of rotatable bonds is 14. The highest BCUT2D eigenvalue weighted by Gasteiger charge is 2.31. The molecule has 4 amide bonds. The molecule has 2 heterocycles. The van der Waals surface area contributed by atoms with Crippen LogP contribution in [0.5, 0.6) is 17.2 Å². The summed E-state index contributed by atoms with van der Waals surface area (Å²) in [6.45, 7) is 2.94. The molecule has 0 radical (unpaired) electrons. The molecule has 12 heteroatoms. The fraction of sp³-hybridized carbons (Fsp3) is 0.263. The Kier molecular flexibility index (Phi) is 11.0. The average Bonchev–Trinajstić information content (AvgIpc) is 3.61. The van der Waals surface area contributed by atoms with Crippen molar-refractivity contribution in [3.63, 3.8) is 0 Å². The molecule has 6 rings (SSSR count). The monoisotopic (exact) mass is 695 g/mol. The Morgan fingerprint density at radius 2 is 1.66 bits per heavy atom. The number of nitrogens with one attached hydrogen (secondary N) is 2. The second-order valence-corrected chi connectivity index (χ2v) is 13.2. The minimum absolute atomic E-state index is 0.251. The first-order chi connectivity index (χ1) is 24.2. The number of hydrogen-bond acceptors (Lipinski definition) is 7. The summed E-state index contributed by atoms with van der Waals surface area (Å²) in [5.41, 5.74) is 3.88. The predicted molar refractivity (Wildman–Crippen MR) is 194 cm³/mol. The standard InChI is InChI=1S/C38H38FN5O5S/c1-3-4-5-6-21-44(37(46)40-27-11-9-26(39)10-12-27)28-13-17-30(18-14-28)49-31-19-20-32-33(23-31)43(2)35(41-32)24-48-29-15-7-25(8-16-29)22-34-36(45)42-38(47)50-34/h7-20,23,34H,3-6,21-22,24H2,1-2H3,(H,40,46)(H,42,45,47). The molecule has 5 aromatic rings. The third kappa shape index (κ3) is 8.61. The van der Waals surface area contributed by atoms with Crippen molar-refractivity contribution in [3.05, 3.63) is 108 Å². The van der Waals surface area contributed by atoms with Gasteiger partial charge >= 0.3 is 6.03 Å². The van der Waals surface area contributed by atoms with E-state index in [2.05, 4.69) is 17.6 Å². The quantitative estimate of drug-likeness (QED) is 0.112. The number of carbonyl (C=O) groups excluding carboxylic acids is 3. The Morgan fingerprint density at radius 1 is 0.940 bits per heavy atom. The first-order valence-electron chi connectivity index (χ1n) is 16.6. The van der Waals surface area contributed by atoms with Crippen LogP contribution in [0.25, 0.3) is 11.0 Å². The SMILES string of the molecule is CCCCCCN(C(=O)Nc1ccc(F)cc1)c1ccc(Oc2ccc3nc(COc4ccc(CC5SC(=O)NC5=O)cc4)n(C)c3c2)cc1. The first kappa shape index (κ1) is 34.5. The van der Waals surface area contributed by atoms with Gasteiger partial charge in [0.05, 0.1) is 16.3 Å². The molecule has 1 fully saturated rings. The number of aryl methyl sites for hydroxylation is 1. The van der Waals surface area contributed by atoms with Crippen molar-refractivity contribution in [2.24, 2.45) is 7.05 Å². The van der Waals surface area contributed by atoms with Gasteiger partial charge in [0.2, 0.25) is 5.91 Å². The van der Waals surface area contributed by atoms with E-state index in [0.29, 0.717) is 35.9 Å². The number of aromatic nitrogens is 2. The van der Waals surface area contributed by atoms with E-state index in [-0.39, 0.29) is 29.6 Å². The molecule has 258 valence electrons. The number of anilines is 2. The van der Waals surface area contributed by atoms with Crippen LogP contribution < -0.4 is 25.0 Å². The molecule has 1 atom stereocenters. The number of urea groups is 1. The molecule has 1 aliphatic heterocycles. The van der Waals surface area contributed by atoms with Gasteiger partial charge in [-0.15, -0.1) is 0 Å². The third-order valence-corrected chi connectivity index (χ3v) is 9.37. The maximum Gasteiger partial charge on any atom is 0.326 e. The number of fused-ring (bicyclic) bond motifs is 1. The highest BCUT2D eigenvalue weighted by Crippen LogP contribution is 2.29. The fourth-order valence-corrected chi connectivity index (χ4v) is 6.48. The summed E-state index contributed by atoms with van der Waals surface area (Å²) in [4.78, 5) is 43.0. The lowest BCUT2D eigenvalue weighted by Gasteiger charge is -2.23. The van der Waals surface area contributed by atoms with Gasteiger partial charge in [0.1, 0.15) is 35.5 Å². The number of amides is 4. The first-order valence-corrected chi connectivity index (χ1v) is 17.4. The van der Waals surface area contributed by atoms with Gasteiger partial charge in [0, 0.05) is 31.0 Å². The van der Waals surface area contributed by atoms with E-state index in [0.717, 1.165) is 65.6 Å². The van der Waals surface area contributed by atoms with Crippen LogP contribution in [0, 0.1) is 5.82 Å². The molecule has 0 saturated carbocycles. The number of thioether (sulfide) groups is 1. The van der Waals surface area contributed by atoms with Gasteiger partial charge in [-0.25, -0.2) is 14.2 Å². The van der Waals surface area contributed by atoms with Gasteiger partial charge in [0.25, 0.3) is 5.24 Å². The zero-order chi connectivity index (χ0) is 35.0. The number of ether oxygens (including phenoxy) is 2. The number of benzene rings is 4. The second kappa shape index (κ2) is 15.9. The van der Waals surface area contributed by atoms with Crippen LogP contribution in [-0.2, 0) is 24.9 Å². The molecule has 0 bridgehead atoms. The maximum atomic E-state index is 13.4.